The topological polar surface area (TPSA) is 49.4 Å². The van der Waals surface area contributed by atoms with E-state index in [1.165, 1.54) is 41.2 Å². The van der Waals surface area contributed by atoms with Crippen molar-refractivity contribution in [3.8, 4) is 0 Å². The maximum Gasteiger partial charge on any atom is 0.264 e. The number of thiophene rings is 1. The molecule has 2 aromatic carbocycles. The van der Waals surface area contributed by atoms with Crippen LogP contribution < -0.4 is 5.32 Å². The molecule has 4 nitrogen and oxygen atoms in total. The largest absolute Gasteiger partial charge is 0.333 e. The number of fused-ring (bicyclic) bond motifs is 1. The molecule has 0 saturated carbocycles. The molecule has 0 fully saturated rings. The van der Waals surface area contributed by atoms with Gasteiger partial charge in [0.05, 0.1) is 4.88 Å². The van der Waals surface area contributed by atoms with Gasteiger partial charge >= 0.3 is 0 Å². The van der Waals surface area contributed by atoms with Crippen LogP contribution in [0.25, 0.3) is 0 Å². The van der Waals surface area contributed by atoms with Gasteiger partial charge in [-0.2, -0.15) is 0 Å². The molecule has 4 rings (SSSR count). The van der Waals surface area contributed by atoms with E-state index in [-0.39, 0.29) is 17.6 Å². The van der Waals surface area contributed by atoms with E-state index < -0.39 is 0 Å². The van der Waals surface area contributed by atoms with Crippen LogP contribution in [0.2, 0.25) is 0 Å². The second-order valence-electron chi connectivity index (χ2n) is 6.40. The molecule has 1 aliphatic heterocycles. The van der Waals surface area contributed by atoms with Crippen LogP contribution in [0.5, 0.6) is 0 Å². The normalized spacial score (nSPS) is 13.1. The number of anilines is 1. The molecule has 27 heavy (non-hydrogen) atoms. The Balaban J connectivity index is 1.50. The highest BCUT2D eigenvalue weighted by Gasteiger charge is 2.22. The summed E-state index contributed by atoms with van der Waals surface area (Å²) < 4.78 is 13.0. The maximum atomic E-state index is 13.0. The first-order chi connectivity index (χ1) is 13.1. The first kappa shape index (κ1) is 17.4. The Labute approximate surface area is 160 Å². The van der Waals surface area contributed by atoms with Gasteiger partial charge in [0.1, 0.15) is 5.82 Å². The Hall–Kier alpha value is -2.99. The van der Waals surface area contributed by atoms with Gasteiger partial charge in [0.25, 0.3) is 11.8 Å². The lowest BCUT2D eigenvalue weighted by Gasteiger charge is -2.29. The summed E-state index contributed by atoms with van der Waals surface area (Å²) in [5.41, 5.74) is 3.27. The highest BCUT2D eigenvalue weighted by Crippen LogP contribution is 2.25. The van der Waals surface area contributed by atoms with Crippen LogP contribution in [0, 0.1) is 5.82 Å². The second kappa shape index (κ2) is 7.32. The van der Waals surface area contributed by atoms with Gasteiger partial charge in [0.2, 0.25) is 0 Å². The third kappa shape index (κ3) is 3.75. The van der Waals surface area contributed by atoms with Gasteiger partial charge in [-0.3, -0.25) is 9.59 Å². The van der Waals surface area contributed by atoms with Crippen molar-refractivity contribution in [3.05, 3.63) is 87.4 Å². The van der Waals surface area contributed by atoms with E-state index in [2.05, 4.69) is 5.32 Å². The van der Waals surface area contributed by atoms with E-state index in [4.69, 9.17) is 0 Å². The van der Waals surface area contributed by atoms with Crippen LogP contribution in [0.3, 0.4) is 0 Å². The molecule has 1 aromatic heterocycles. The molecular weight excluding hydrogens is 363 g/mol. The number of benzene rings is 2. The van der Waals surface area contributed by atoms with Gasteiger partial charge in [-0.05, 0) is 65.4 Å². The predicted molar refractivity (Wildman–Crippen MR) is 104 cm³/mol. The first-order valence-corrected chi connectivity index (χ1v) is 9.49. The number of rotatable bonds is 3. The third-order valence-corrected chi connectivity index (χ3v) is 5.46. The summed E-state index contributed by atoms with van der Waals surface area (Å²) in [4.78, 5) is 27.5. The number of carbonyl (C=O) groups is 2. The van der Waals surface area contributed by atoms with Crippen LogP contribution >= 0.6 is 11.3 Å². The molecule has 136 valence electrons. The molecule has 2 heterocycles. The number of carbonyl (C=O) groups excluding carboxylic acids is 2. The Bertz CT molecular complexity index is 984. The summed E-state index contributed by atoms with van der Waals surface area (Å²) in [6.45, 7) is 1.21. The molecule has 0 unspecified atom stereocenters. The smallest absolute Gasteiger partial charge is 0.264 e. The quantitative estimate of drug-likeness (QED) is 0.735. The summed E-state index contributed by atoms with van der Waals surface area (Å²) in [5.74, 6) is -0.635. The van der Waals surface area contributed by atoms with E-state index >= 15 is 0 Å². The predicted octanol–water partition coefficient (Wildman–Crippen LogP) is 4.34. The number of hydrogen-bond acceptors (Lipinski definition) is 3. The van der Waals surface area contributed by atoms with Gasteiger partial charge in [0.15, 0.2) is 0 Å². The summed E-state index contributed by atoms with van der Waals surface area (Å²) >= 11 is 1.44. The van der Waals surface area contributed by atoms with Crippen molar-refractivity contribution < 1.29 is 14.0 Å². The third-order valence-electron chi connectivity index (χ3n) is 4.60. The standard InChI is InChI=1S/C21H17FN2O2S/c22-17-6-3-15(4-7-17)20(25)23-18-8-5-14-9-10-24(13-16(14)12-18)21(26)19-2-1-11-27-19/h1-8,11-12H,9-10,13H2,(H,23,25). The van der Waals surface area contributed by atoms with Gasteiger partial charge < -0.3 is 10.2 Å². The zero-order chi connectivity index (χ0) is 18.8. The van der Waals surface area contributed by atoms with Crippen LogP contribution in [0.15, 0.2) is 60.0 Å². The highest BCUT2D eigenvalue weighted by atomic mass is 32.1. The van der Waals surface area contributed by atoms with E-state index in [0.717, 1.165) is 16.9 Å². The van der Waals surface area contributed by atoms with Crippen molar-refractivity contribution in [3.63, 3.8) is 0 Å². The van der Waals surface area contributed by atoms with Crippen molar-refractivity contribution in [2.45, 2.75) is 13.0 Å². The number of nitrogens with zero attached hydrogens (tertiary/aromatic N) is 1. The zero-order valence-electron chi connectivity index (χ0n) is 14.4. The SMILES string of the molecule is O=C(Nc1ccc2c(c1)CN(C(=O)c1cccs1)CC2)c1ccc(F)cc1. The van der Waals surface area contributed by atoms with Crippen LogP contribution in [-0.4, -0.2) is 23.3 Å². The molecule has 0 radical (unpaired) electrons. The van der Waals surface area contributed by atoms with Crippen LogP contribution in [0.1, 0.15) is 31.2 Å². The maximum absolute atomic E-state index is 13.0. The Morgan fingerprint density at radius 1 is 1.04 bits per heavy atom. The molecule has 0 atom stereocenters. The minimum absolute atomic E-state index is 0.0383. The number of hydrogen-bond donors (Lipinski definition) is 1. The molecule has 6 heteroatoms. The minimum atomic E-state index is -0.379. The fourth-order valence-electron chi connectivity index (χ4n) is 3.17. The molecule has 1 N–H and O–H groups in total. The van der Waals surface area contributed by atoms with Crippen molar-refractivity contribution in [1.82, 2.24) is 4.90 Å². The highest BCUT2D eigenvalue weighted by molar-refractivity contribution is 7.12. The number of nitrogens with one attached hydrogen (secondary N) is 1. The molecule has 1 aliphatic rings. The van der Waals surface area contributed by atoms with Crippen molar-refractivity contribution >= 4 is 28.8 Å². The van der Waals surface area contributed by atoms with Gasteiger partial charge in [-0.25, -0.2) is 4.39 Å². The van der Waals surface area contributed by atoms with Gasteiger partial charge in [0, 0.05) is 24.3 Å². The van der Waals surface area contributed by atoms with E-state index in [1.807, 2.05) is 40.6 Å². The first-order valence-electron chi connectivity index (χ1n) is 8.61. The van der Waals surface area contributed by atoms with Crippen LogP contribution in [-0.2, 0) is 13.0 Å². The number of amides is 2. The monoisotopic (exact) mass is 380 g/mol. The molecule has 0 spiro atoms. The van der Waals surface area contributed by atoms with E-state index in [0.29, 0.717) is 24.3 Å². The minimum Gasteiger partial charge on any atom is -0.333 e. The average Bonchev–Trinajstić information content (AvgIpc) is 3.22. The Morgan fingerprint density at radius 3 is 2.59 bits per heavy atom. The number of halogens is 1. The van der Waals surface area contributed by atoms with E-state index in [9.17, 15) is 14.0 Å². The summed E-state index contributed by atoms with van der Waals surface area (Å²) in [7, 11) is 0. The Kier molecular flexibility index (Phi) is 4.73. The van der Waals surface area contributed by atoms with Gasteiger partial charge in [-0.1, -0.05) is 12.1 Å². The average molecular weight is 380 g/mol. The molecular formula is C21H17FN2O2S. The zero-order valence-corrected chi connectivity index (χ0v) is 15.3. The van der Waals surface area contributed by atoms with Crippen molar-refractivity contribution in [2.75, 3.05) is 11.9 Å². The van der Waals surface area contributed by atoms with Crippen molar-refractivity contribution in [1.29, 1.82) is 0 Å². The lowest BCUT2D eigenvalue weighted by Crippen LogP contribution is -2.35. The molecule has 0 aliphatic carbocycles. The molecule has 0 saturated heterocycles. The van der Waals surface area contributed by atoms with E-state index in [1.54, 1.807) is 0 Å². The lowest BCUT2D eigenvalue weighted by atomic mass is 9.98. The van der Waals surface area contributed by atoms with Gasteiger partial charge in [-0.15, -0.1) is 11.3 Å². The second-order valence-corrected chi connectivity index (χ2v) is 7.35. The molecule has 2 amide bonds. The Morgan fingerprint density at radius 2 is 1.85 bits per heavy atom. The lowest BCUT2D eigenvalue weighted by molar-refractivity contribution is 0.0739. The fourth-order valence-corrected chi connectivity index (χ4v) is 3.86. The summed E-state index contributed by atoms with van der Waals surface area (Å²) in [6, 6.07) is 14.9. The summed E-state index contributed by atoms with van der Waals surface area (Å²) in [6.07, 6.45) is 0.790. The van der Waals surface area contributed by atoms with Crippen LogP contribution in [0.4, 0.5) is 10.1 Å². The van der Waals surface area contributed by atoms with Crippen molar-refractivity contribution in [2.24, 2.45) is 0 Å². The fraction of sp³-hybridized carbons (Fsp3) is 0.143. The molecule has 3 aromatic rings. The molecule has 0 bridgehead atoms. The summed E-state index contributed by atoms with van der Waals surface area (Å²) in [5, 5.41) is 4.73.